The van der Waals surface area contributed by atoms with Crippen molar-refractivity contribution in [2.45, 2.75) is 6.92 Å². The Morgan fingerprint density at radius 1 is 1.10 bits per heavy atom. The summed E-state index contributed by atoms with van der Waals surface area (Å²) >= 11 is 0. The summed E-state index contributed by atoms with van der Waals surface area (Å²) < 4.78 is 1.62. The average Bonchev–Trinajstić information content (AvgIpc) is 2.80. The maximum atomic E-state index is 5.86. The van der Waals surface area contributed by atoms with Gasteiger partial charge in [-0.1, -0.05) is 0 Å². The highest BCUT2D eigenvalue weighted by Crippen LogP contribution is 2.24. The number of nitrogen functional groups attached to an aromatic ring is 2. The van der Waals surface area contributed by atoms with E-state index >= 15 is 0 Å². The Morgan fingerprint density at radius 2 is 1.80 bits per heavy atom. The van der Waals surface area contributed by atoms with E-state index < -0.39 is 0 Å². The lowest BCUT2D eigenvalue weighted by Crippen LogP contribution is -2.17. The van der Waals surface area contributed by atoms with E-state index in [0.29, 0.717) is 23.1 Å². The van der Waals surface area contributed by atoms with Crippen molar-refractivity contribution in [1.82, 2.24) is 19.6 Å². The van der Waals surface area contributed by atoms with Crippen molar-refractivity contribution in [3.8, 4) is 0 Å². The standard InChI is InChI=1S/C13H15N7/c1-8-17-12-11(15)7-16-20(12)13(18-8)19(2)10-5-3-9(14)4-6-10/h3-7H,14-15H2,1-2H3. The van der Waals surface area contributed by atoms with Crippen LogP contribution in [0.4, 0.5) is 23.0 Å². The van der Waals surface area contributed by atoms with Gasteiger partial charge in [-0.25, -0.2) is 4.98 Å². The Morgan fingerprint density at radius 3 is 2.50 bits per heavy atom. The summed E-state index contributed by atoms with van der Waals surface area (Å²) in [5, 5.41) is 4.22. The number of nitrogens with two attached hydrogens (primary N) is 2. The lowest BCUT2D eigenvalue weighted by molar-refractivity contribution is 0.846. The summed E-state index contributed by atoms with van der Waals surface area (Å²) in [6.45, 7) is 1.83. The zero-order valence-corrected chi connectivity index (χ0v) is 11.3. The molecule has 0 radical (unpaired) electrons. The van der Waals surface area contributed by atoms with Crippen LogP contribution >= 0.6 is 0 Å². The second kappa shape index (κ2) is 4.37. The van der Waals surface area contributed by atoms with E-state index in [1.165, 1.54) is 0 Å². The van der Waals surface area contributed by atoms with Crippen molar-refractivity contribution in [3.05, 3.63) is 36.3 Å². The van der Waals surface area contributed by atoms with Crippen LogP contribution in [-0.4, -0.2) is 26.6 Å². The molecule has 3 rings (SSSR count). The minimum atomic E-state index is 0.530. The van der Waals surface area contributed by atoms with Crippen LogP contribution in [0.25, 0.3) is 5.65 Å². The number of hydrogen-bond acceptors (Lipinski definition) is 6. The van der Waals surface area contributed by atoms with E-state index in [4.69, 9.17) is 11.5 Å². The molecule has 0 saturated carbocycles. The lowest BCUT2D eigenvalue weighted by Gasteiger charge is -2.19. The molecule has 0 amide bonds. The second-order valence-corrected chi connectivity index (χ2v) is 4.56. The molecule has 20 heavy (non-hydrogen) atoms. The Hall–Kier alpha value is -2.83. The molecule has 0 spiro atoms. The molecule has 3 aromatic rings. The van der Waals surface area contributed by atoms with Crippen LogP contribution in [0.1, 0.15) is 5.82 Å². The van der Waals surface area contributed by atoms with Gasteiger partial charge in [0, 0.05) is 18.4 Å². The van der Waals surface area contributed by atoms with Gasteiger partial charge in [-0.2, -0.15) is 14.6 Å². The fourth-order valence-electron chi connectivity index (χ4n) is 2.01. The van der Waals surface area contributed by atoms with Gasteiger partial charge in [0.25, 0.3) is 0 Å². The highest BCUT2D eigenvalue weighted by Gasteiger charge is 2.14. The van der Waals surface area contributed by atoms with Crippen LogP contribution in [0.2, 0.25) is 0 Å². The van der Waals surface area contributed by atoms with Gasteiger partial charge in [-0.3, -0.25) is 0 Å². The molecule has 102 valence electrons. The van der Waals surface area contributed by atoms with Gasteiger partial charge in [0.15, 0.2) is 5.65 Å². The van der Waals surface area contributed by atoms with Gasteiger partial charge in [0.05, 0.1) is 11.9 Å². The van der Waals surface area contributed by atoms with Crippen molar-refractivity contribution in [2.24, 2.45) is 0 Å². The lowest BCUT2D eigenvalue weighted by atomic mass is 10.3. The highest BCUT2D eigenvalue weighted by atomic mass is 15.4. The first-order valence-electron chi connectivity index (χ1n) is 6.13. The summed E-state index contributed by atoms with van der Waals surface area (Å²) in [6, 6.07) is 7.53. The molecule has 0 aliphatic heterocycles. The van der Waals surface area contributed by atoms with Crippen LogP contribution in [0.15, 0.2) is 30.5 Å². The average molecular weight is 269 g/mol. The van der Waals surface area contributed by atoms with Crippen LogP contribution in [0.3, 0.4) is 0 Å². The molecule has 0 saturated heterocycles. The number of benzene rings is 1. The molecule has 0 aliphatic carbocycles. The number of nitrogens with zero attached hydrogens (tertiary/aromatic N) is 5. The third-order valence-electron chi connectivity index (χ3n) is 3.07. The third kappa shape index (κ3) is 1.89. The number of fused-ring (bicyclic) bond motifs is 1. The number of anilines is 4. The van der Waals surface area contributed by atoms with E-state index in [9.17, 15) is 0 Å². The topological polar surface area (TPSA) is 98.4 Å². The second-order valence-electron chi connectivity index (χ2n) is 4.56. The van der Waals surface area contributed by atoms with Gasteiger partial charge in [-0.15, -0.1) is 0 Å². The van der Waals surface area contributed by atoms with Gasteiger partial charge < -0.3 is 16.4 Å². The van der Waals surface area contributed by atoms with Gasteiger partial charge in [0.1, 0.15) is 5.82 Å². The van der Waals surface area contributed by atoms with Crippen molar-refractivity contribution in [3.63, 3.8) is 0 Å². The summed E-state index contributed by atoms with van der Waals surface area (Å²) in [6.07, 6.45) is 1.57. The molecule has 0 fully saturated rings. The van der Waals surface area contributed by atoms with Gasteiger partial charge >= 0.3 is 0 Å². The number of rotatable bonds is 2. The zero-order valence-electron chi connectivity index (χ0n) is 11.3. The molecule has 0 atom stereocenters. The molecule has 2 heterocycles. The van der Waals surface area contributed by atoms with E-state index in [0.717, 1.165) is 11.4 Å². The Balaban J connectivity index is 2.15. The fourth-order valence-corrected chi connectivity index (χ4v) is 2.01. The molecular formula is C13H15N7. The number of hydrogen-bond donors (Lipinski definition) is 2. The summed E-state index contributed by atoms with van der Waals surface area (Å²) in [7, 11) is 1.91. The largest absolute Gasteiger partial charge is 0.399 e. The number of aryl methyl sites for hydroxylation is 1. The molecule has 4 N–H and O–H groups in total. The normalized spacial score (nSPS) is 10.9. The molecule has 0 aliphatic rings. The molecular weight excluding hydrogens is 254 g/mol. The van der Waals surface area contributed by atoms with Crippen LogP contribution in [0.5, 0.6) is 0 Å². The first kappa shape index (κ1) is 12.2. The fraction of sp³-hybridized carbons (Fsp3) is 0.154. The van der Waals surface area contributed by atoms with Crippen molar-refractivity contribution >= 4 is 28.7 Å². The van der Waals surface area contributed by atoms with E-state index in [1.807, 2.05) is 43.1 Å². The SMILES string of the molecule is Cc1nc(N(C)c2ccc(N)cc2)n2ncc(N)c2n1. The van der Waals surface area contributed by atoms with E-state index in [-0.39, 0.29) is 0 Å². The molecule has 0 bridgehead atoms. The van der Waals surface area contributed by atoms with Crippen molar-refractivity contribution in [1.29, 1.82) is 0 Å². The summed E-state index contributed by atoms with van der Waals surface area (Å²) in [5.74, 6) is 1.29. The van der Waals surface area contributed by atoms with Crippen LogP contribution < -0.4 is 16.4 Å². The Bertz CT molecular complexity index is 760. The Labute approximate surface area is 115 Å². The van der Waals surface area contributed by atoms with Gasteiger partial charge in [0.2, 0.25) is 5.95 Å². The molecule has 0 unspecified atom stereocenters. The van der Waals surface area contributed by atoms with Crippen molar-refractivity contribution in [2.75, 3.05) is 23.4 Å². The summed E-state index contributed by atoms with van der Waals surface area (Å²) in [5.41, 5.74) is 14.4. The molecule has 7 heteroatoms. The molecule has 7 nitrogen and oxygen atoms in total. The summed E-state index contributed by atoms with van der Waals surface area (Å²) in [4.78, 5) is 10.7. The van der Waals surface area contributed by atoms with Crippen LogP contribution in [-0.2, 0) is 0 Å². The maximum absolute atomic E-state index is 5.86. The predicted molar refractivity (Wildman–Crippen MR) is 78.8 cm³/mol. The zero-order chi connectivity index (χ0) is 14.3. The maximum Gasteiger partial charge on any atom is 0.234 e. The minimum Gasteiger partial charge on any atom is -0.399 e. The van der Waals surface area contributed by atoms with Crippen molar-refractivity contribution < 1.29 is 0 Å². The first-order valence-corrected chi connectivity index (χ1v) is 6.13. The number of aromatic nitrogens is 4. The van der Waals surface area contributed by atoms with Gasteiger partial charge in [-0.05, 0) is 31.2 Å². The first-order chi connectivity index (χ1) is 9.56. The predicted octanol–water partition coefficient (Wildman–Crippen LogP) is 1.37. The monoisotopic (exact) mass is 269 g/mol. The smallest absolute Gasteiger partial charge is 0.234 e. The quantitative estimate of drug-likeness (QED) is 0.682. The molecule has 1 aromatic carbocycles. The third-order valence-corrected chi connectivity index (χ3v) is 3.07. The Kier molecular flexibility index (Phi) is 2.67. The van der Waals surface area contributed by atoms with E-state index in [2.05, 4.69) is 15.1 Å². The minimum absolute atomic E-state index is 0.530. The highest BCUT2D eigenvalue weighted by molar-refractivity contribution is 5.67. The molecule has 2 aromatic heterocycles. The van der Waals surface area contributed by atoms with E-state index in [1.54, 1.807) is 10.7 Å². The van der Waals surface area contributed by atoms with Crippen LogP contribution in [0, 0.1) is 6.92 Å².